The van der Waals surface area contributed by atoms with Crippen molar-refractivity contribution in [2.24, 2.45) is 13.0 Å². The highest BCUT2D eigenvalue weighted by Gasteiger charge is 2.30. The van der Waals surface area contributed by atoms with Crippen molar-refractivity contribution < 1.29 is 4.79 Å². The van der Waals surface area contributed by atoms with Crippen molar-refractivity contribution in [3.8, 4) is 11.1 Å². The van der Waals surface area contributed by atoms with Crippen LogP contribution in [0.2, 0.25) is 5.02 Å². The van der Waals surface area contributed by atoms with Crippen LogP contribution in [0.3, 0.4) is 0 Å². The number of likely N-dealkylation sites (tertiary alicyclic amines) is 1. The molecule has 1 atom stereocenters. The number of carbonyl (C=O) groups is 1. The first-order valence-corrected chi connectivity index (χ1v) is 9.93. The highest BCUT2D eigenvalue weighted by Crippen LogP contribution is 2.42. The topological polar surface area (TPSA) is 51.0 Å². The number of aromatic nitrogens is 3. The van der Waals surface area contributed by atoms with Gasteiger partial charge in [-0.2, -0.15) is 5.10 Å². The molecule has 3 aromatic rings. The first-order valence-electron chi connectivity index (χ1n) is 8.74. The Kier molecular flexibility index (Phi) is 4.28. The molecule has 1 aliphatic rings. The summed E-state index contributed by atoms with van der Waals surface area (Å²) in [5.74, 6) is 0.635. The number of thiophene rings is 1. The second kappa shape index (κ2) is 6.35. The van der Waals surface area contributed by atoms with E-state index >= 15 is 0 Å². The lowest BCUT2D eigenvalue weighted by atomic mass is 10.0. The van der Waals surface area contributed by atoms with Crippen LogP contribution in [-0.4, -0.2) is 38.7 Å². The van der Waals surface area contributed by atoms with Gasteiger partial charge >= 0.3 is 0 Å². The van der Waals surface area contributed by atoms with E-state index in [0.717, 1.165) is 57.0 Å². The van der Waals surface area contributed by atoms with E-state index in [1.165, 1.54) is 11.3 Å². The number of hydrogen-bond acceptors (Lipinski definition) is 4. The van der Waals surface area contributed by atoms with E-state index in [1.807, 2.05) is 32.0 Å². The van der Waals surface area contributed by atoms with E-state index in [9.17, 15) is 4.79 Å². The predicted molar refractivity (Wildman–Crippen MR) is 106 cm³/mol. The lowest BCUT2D eigenvalue weighted by Gasteiger charge is -2.15. The Morgan fingerprint density at radius 1 is 1.38 bits per heavy atom. The lowest BCUT2D eigenvalue weighted by Crippen LogP contribution is -2.28. The van der Waals surface area contributed by atoms with Crippen LogP contribution in [-0.2, 0) is 7.05 Å². The number of aryl methyl sites for hydroxylation is 3. The average molecular weight is 389 g/mol. The van der Waals surface area contributed by atoms with Crippen LogP contribution < -0.4 is 0 Å². The summed E-state index contributed by atoms with van der Waals surface area (Å²) < 4.78 is 1.75. The zero-order valence-corrected chi connectivity index (χ0v) is 16.9. The van der Waals surface area contributed by atoms with E-state index in [1.54, 1.807) is 10.9 Å². The molecule has 3 aromatic heterocycles. The third-order valence-corrected chi connectivity index (χ3v) is 6.71. The SMILES string of the molecule is Cc1nc2sc(C(=O)N3CCC(C)C3)c(-c3cnn(C)c3)c2c(C)c1Cl. The van der Waals surface area contributed by atoms with Crippen molar-refractivity contribution in [1.29, 1.82) is 0 Å². The predicted octanol–water partition coefficient (Wildman–Crippen LogP) is 4.45. The molecule has 0 bridgehead atoms. The number of amides is 1. The van der Waals surface area contributed by atoms with Gasteiger partial charge < -0.3 is 4.90 Å². The van der Waals surface area contributed by atoms with Gasteiger partial charge in [0.25, 0.3) is 5.91 Å². The summed E-state index contributed by atoms with van der Waals surface area (Å²) in [5, 5.41) is 5.93. The fourth-order valence-electron chi connectivity index (χ4n) is 3.67. The molecule has 1 aliphatic heterocycles. The van der Waals surface area contributed by atoms with Gasteiger partial charge in [0.15, 0.2) is 0 Å². The van der Waals surface area contributed by atoms with Gasteiger partial charge in [0.05, 0.1) is 16.9 Å². The van der Waals surface area contributed by atoms with Crippen molar-refractivity contribution in [2.75, 3.05) is 13.1 Å². The molecule has 0 N–H and O–H groups in total. The summed E-state index contributed by atoms with van der Waals surface area (Å²) >= 11 is 7.95. The van der Waals surface area contributed by atoms with E-state index < -0.39 is 0 Å². The minimum atomic E-state index is 0.0874. The fraction of sp³-hybridized carbons (Fsp3) is 0.421. The molecular weight excluding hydrogens is 368 g/mol. The van der Waals surface area contributed by atoms with Crippen LogP contribution in [0, 0.1) is 19.8 Å². The number of pyridine rings is 1. The van der Waals surface area contributed by atoms with Crippen LogP contribution in [0.5, 0.6) is 0 Å². The van der Waals surface area contributed by atoms with Gasteiger partial charge in [0.1, 0.15) is 9.71 Å². The normalized spacial score (nSPS) is 17.4. The zero-order chi connectivity index (χ0) is 18.6. The van der Waals surface area contributed by atoms with E-state index in [2.05, 4.69) is 17.0 Å². The molecule has 7 heteroatoms. The standard InChI is InChI=1S/C19H21ClN4OS/c1-10-5-6-24(8-10)19(25)17-15(13-7-21-23(4)9-13)14-11(2)16(20)12(3)22-18(14)26-17/h7,9-10H,5-6,8H2,1-4H3. The summed E-state index contributed by atoms with van der Waals surface area (Å²) in [4.78, 5) is 21.5. The fourth-order valence-corrected chi connectivity index (χ4v) is 5.08. The number of hydrogen-bond donors (Lipinski definition) is 0. The maximum absolute atomic E-state index is 13.3. The maximum atomic E-state index is 13.3. The monoisotopic (exact) mass is 388 g/mol. The van der Waals surface area contributed by atoms with Crippen LogP contribution in [0.15, 0.2) is 12.4 Å². The molecule has 1 amide bonds. The molecule has 0 spiro atoms. The second-order valence-corrected chi connectivity index (χ2v) is 8.55. The molecule has 0 aliphatic carbocycles. The Balaban J connectivity index is 1.97. The largest absolute Gasteiger partial charge is 0.338 e. The number of nitrogens with zero attached hydrogens (tertiary/aromatic N) is 4. The molecule has 4 heterocycles. The van der Waals surface area contributed by atoms with Crippen LogP contribution in [0.4, 0.5) is 0 Å². The van der Waals surface area contributed by atoms with E-state index in [-0.39, 0.29) is 5.91 Å². The third-order valence-electron chi connectivity index (χ3n) is 5.08. The lowest BCUT2D eigenvalue weighted by molar-refractivity contribution is 0.0793. The molecule has 1 saturated heterocycles. The van der Waals surface area contributed by atoms with E-state index in [4.69, 9.17) is 11.6 Å². The molecule has 1 fully saturated rings. The van der Waals surface area contributed by atoms with E-state index in [0.29, 0.717) is 10.9 Å². The Bertz CT molecular complexity index is 1020. The summed E-state index contributed by atoms with van der Waals surface area (Å²) in [6, 6.07) is 0. The van der Waals surface area contributed by atoms with Crippen molar-refractivity contribution in [2.45, 2.75) is 27.2 Å². The Morgan fingerprint density at radius 2 is 2.15 bits per heavy atom. The summed E-state index contributed by atoms with van der Waals surface area (Å²) in [6.07, 6.45) is 4.80. The van der Waals surface area contributed by atoms with Gasteiger partial charge in [-0.25, -0.2) is 4.98 Å². The Hall–Kier alpha value is -1.92. The van der Waals surface area contributed by atoms with Crippen LogP contribution in [0.1, 0.15) is 34.3 Å². The van der Waals surface area contributed by atoms with Crippen molar-refractivity contribution >= 4 is 39.1 Å². The molecule has 0 radical (unpaired) electrons. The van der Waals surface area contributed by atoms with Crippen LogP contribution in [0.25, 0.3) is 21.3 Å². The number of carbonyl (C=O) groups excluding carboxylic acids is 1. The molecule has 136 valence electrons. The third kappa shape index (κ3) is 2.72. The minimum absolute atomic E-state index is 0.0874. The maximum Gasteiger partial charge on any atom is 0.264 e. The van der Waals surface area contributed by atoms with Gasteiger partial charge in [-0.1, -0.05) is 18.5 Å². The van der Waals surface area contributed by atoms with Crippen molar-refractivity contribution in [3.05, 3.63) is 33.6 Å². The quantitative estimate of drug-likeness (QED) is 0.651. The number of rotatable bonds is 2. The Morgan fingerprint density at radius 3 is 2.77 bits per heavy atom. The molecule has 0 saturated carbocycles. The summed E-state index contributed by atoms with van der Waals surface area (Å²) in [5.41, 5.74) is 3.61. The molecule has 26 heavy (non-hydrogen) atoms. The molecule has 5 nitrogen and oxygen atoms in total. The molecular formula is C19H21ClN4OS. The molecule has 1 unspecified atom stereocenters. The highest BCUT2D eigenvalue weighted by molar-refractivity contribution is 7.21. The first kappa shape index (κ1) is 17.5. The number of fused-ring (bicyclic) bond motifs is 1. The van der Waals surface area contributed by atoms with Crippen molar-refractivity contribution in [1.82, 2.24) is 19.7 Å². The first-order chi connectivity index (χ1) is 12.4. The van der Waals surface area contributed by atoms with Gasteiger partial charge in [-0.3, -0.25) is 9.48 Å². The molecule has 0 aromatic carbocycles. The Labute approximate surface area is 161 Å². The van der Waals surface area contributed by atoms with Gasteiger partial charge in [0.2, 0.25) is 0 Å². The zero-order valence-electron chi connectivity index (χ0n) is 15.3. The average Bonchev–Trinajstić information content (AvgIpc) is 3.30. The van der Waals surface area contributed by atoms with Gasteiger partial charge in [0, 0.05) is 42.8 Å². The van der Waals surface area contributed by atoms with Crippen LogP contribution >= 0.6 is 22.9 Å². The minimum Gasteiger partial charge on any atom is -0.338 e. The smallest absolute Gasteiger partial charge is 0.264 e. The second-order valence-electron chi connectivity index (χ2n) is 7.17. The number of halogens is 1. The van der Waals surface area contributed by atoms with Gasteiger partial charge in [-0.05, 0) is 31.7 Å². The highest BCUT2D eigenvalue weighted by atomic mass is 35.5. The summed E-state index contributed by atoms with van der Waals surface area (Å²) in [6.45, 7) is 7.72. The van der Waals surface area contributed by atoms with Gasteiger partial charge in [-0.15, -0.1) is 11.3 Å². The molecule has 4 rings (SSSR count). The summed E-state index contributed by atoms with van der Waals surface area (Å²) in [7, 11) is 1.88. The van der Waals surface area contributed by atoms with Crippen molar-refractivity contribution in [3.63, 3.8) is 0 Å².